The fraction of sp³-hybridized carbons (Fsp3) is 1.00. The molecule has 0 aromatic heterocycles. The van der Waals surface area contributed by atoms with Gasteiger partial charge in [0.2, 0.25) is 0 Å². The molecule has 0 saturated carbocycles. The first-order chi connectivity index (χ1) is 5.87. The average Bonchev–Trinajstić information content (AvgIpc) is 1.95. The summed E-state index contributed by atoms with van der Waals surface area (Å²) in [6, 6.07) is 0.697. The summed E-state index contributed by atoms with van der Waals surface area (Å²) in [4.78, 5) is 2.57. The largest absolute Gasteiger partial charge is 0.301 e. The molecule has 0 aromatic rings. The van der Waals surface area contributed by atoms with Crippen LogP contribution in [0.2, 0.25) is 0 Å². The molecule has 13 heavy (non-hydrogen) atoms. The Morgan fingerprint density at radius 3 is 1.92 bits per heavy atom. The highest BCUT2D eigenvalue weighted by atomic mass is 15.1. The second-order valence-electron chi connectivity index (χ2n) is 5.44. The summed E-state index contributed by atoms with van der Waals surface area (Å²) >= 11 is 0. The van der Waals surface area contributed by atoms with Crippen LogP contribution in [0, 0.1) is 5.41 Å². The second kappa shape index (κ2) is 5.64. The van der Waals surface area contributed by atoms with Gasteiger partial charge in [0.05, 0.1) is 0 Å². The van der Waals surface area contributed by atoms with Crippen LogP contribution in [-0.2, 0) is 0 Å². The van der Waals surface area contributed by atoms with E-state index >= 15 is 0 Å². The Balaban J connectivity index is 3.82. The van der Waals surface area contributed by atoms with Crippen molar-refractivity contribution in [2.24, 2.45) is 5.41 Å². The summed E-state index contributed by atoms with van der Waals surface area (Å²) in [7, 11) is 0. The van der Waals surface area contributed by atoms with E-state index in [2.05, 4.69) is 46.4 Å². The smallest absolute Gasteiger partial charge is 0.00385 e. The van der Waals surface area contributed by atoms with Gasteiger partial charge in [-0.2, -0.15) is 0 Å². The van der Waals surface area contributed by atoms with Gasteiger partial charge >= 0.3 is 0 Å². The minimum atomic E-state index is 0.473. The zero-order valence-corrected chi connectivity index (χ0v) is 10.4. The summed E-state index contributed by atoms with van der Waals surface area (Å²) in [5.41, 5.74) is 0.473. The van der Waals surface area contributed by atoms with Crippen molar-refractivity contribution in [1.82, 2.24) is 4.90 Å². The molecule has 0 atom stereocenters. The predicted molar refractivity (Wildman–Crippen MR) is 61.1 cm³/mol. The van der Waals surface area contributed by atoms with Crippen molar-refractivity contribution < 1.29 is 0 Å². The number of hydrogen-bond donors (Lipinski definition) is 0. The van der Waals surface area contributed by atoms with E-state index in [4.69, 9.17) is 0 Å². The standard InChI is InChI=1S/C12H27N/c1-7-9-13(11(2)3)10-8-12(4,5)6/h11H,7-10H2,1-6H3. The Bertz CT molecular complexity index is 122. The van der Waals surface area contributed by atoms with E-state index in [9.17, 15) is 0 Å². The normalized spacial score (nSPS) is 12.9. The van der Waals surface area contributed by atoms with Crippen molar-refractivity contribution in [1.29, 1.82) is 0 Å². The molecule has 0 aliphatic heterocycles. The molecule has 0 bridgehead atoms. The molecule has 0 fully saturated rings. The molecule has 0 heterocycles. The van der Waals surface area contributed by atoms with Crippen molar-refractivity contribution in [2.45, 2.75) is 60.4 Å². The van der Waals surface area contributed by atoms with Crippen LogP contribution in [0.5, 0.6) is 0 Å². The first-order valence-electron chi connectivity index (χ1n) is 5.61. The minimum absolute atomic E-state index is 0.473. The molecule has 1 nitrogen and oxygen atoms in total. The van der Waals surface area contributed by atoms with Gasteiger partial charge in [-0.25, -0.2) is 0 Å². The van der Waals surface area contributed by atoms with Gasteiger partial charge in [-0.1, -0.05) is 27.7 Å². The van der Waals surface area contributed by atoms with Crippen LogP contribution in [-0.4, -0.2) is 24.0 Å². The molecule has 0 radical (unpaired) electrons. The van der Waals surface area contributed by atoms with E-state index in [0.717, 1.165) is 0 Å². The van der Waals surface area contributed by atoms with Crippen molar-refractivity contribution in [3.8, 4) is 0 Å². The van der Waals surface area contributed by atoms with Crippen molar-refractivity contribution >= 4 is 0 Å². The van der Waals surface area contributed by atoms with Crippen LogP contribution in [0.3, 0.4) is 0 Å². The lowest BCUT2D eigenvalue weighted by molar-refractivity contribution is 0.189. The molecule has 1 heteroatoms. The van der Waals surface area contributed by atoms with E-state index in [1.54, 1.807) is 0 Å². The summed E-state index contributed by atoms with van der Waals surface area (Å²) in [6.07, 6.45) is 2.56. The zero-order chi connectivity index (χ0) is 10.5. The van der Waals surface area contributed by atoms with E-state index in [1.165, 1.54) is 25.9 Å². The van der Waals surface area contributed by atoms with Gasteiger partial charge in [-0.3, -0.25) is 0 Å². The van der Waals surface area contributed by atoms with Gasteiger partial charge in [0.15, 0.2) is 0 Å². The predicted octanol–water partition coefficient (Wildman–Crippen LogP) is 3.54. The fourth-order valence-electron chi connectivity index (χ4n) is 1.39. The van der Waals surface area contributed by atoms with E-state index in [1.807, 2.05) is 0 Å². The third kappa shape index (κ3) is 7.06. The molecule has 0 amide bonds. The molecule has 80 valence electrons. The number of nitrogens with zero attached hydrogens (tertiary/aromatic N) is 1. The Hall–Kier alpha value is -0.0400. The minimum Gasteiger partial charge on any atom is -0.301 e. The first kappa shape index (κ1) is 13.0. The summed E-state index contributed by atoms with van der Waals surface area (Å²) in [6.45, 7) is 16.3. The van der Waals surface area contributed by atoms with Crippen LogP contribution >= 0.6 is 0 Å². The molecular formula is C12H27N. The lowest BCUT2D eigenvalue weighted by Crippen LogP contribution is -2.34. The molecule has 0 saturated heterocycles. The topological polar surface area (TPSA) is 3.24 Å². The van der Waals surface area contributed by atoms with E-state index in [-0.39, 0.29) is 0 Å². The maximum atomic E-state index is 2.57. The molecule has 0 N–H and O–H groups in total. The molecular weight excluding hydrogens is 158 g/mol. The quantitative estimate of drug-likeness (QED) is 0.633. The molecule has 0 aromatic carbocycles. The Morgan fingerprint density at radius 2 is 1.62 bits per heavy atom. The molecule has 0 spiro atoms. The average molecular weight is 185 g/mol. The van der Waals surface area contributed by atoms with E-state index in [0.29, 0.717) is 11.5 Å². The van der Waals surface area contributed by atoms with Crippen molar-refractivity contribution in [3.05, 3.63) is 0 Å². The number of rotatable bonds is 5. The maximum absolute atomic E-state index is 2.57. The fourth-order valence-corrected chi connectivity index (χ4v) is 1.39. The third-order valence-electron chi connectivity index (χ3n) is 2.39. The van der Waals surface area contributed by atoms with Gasteiger partial charge in [-0.05, 0) is 45.2 Å². The van der Waals surface area contributed by atoms with Crippen LogP contribution in [0.4, 0.5) is 0 Å². The van der Waals surface area contributed by atoms with Gasteiger partial charge < -0.3 is 4.90 Å². The van der Waals surface area contributed by atoms with Gasteiger partial charge in [0, 0.05) is 6.04 Å². The zero-order valence-electron chi connectivity index (χ0n) is 10.4. The highest BCUT2D eigenvalue weighted by Crippen LogP contribution is 2.19. The summed E-state index contributed by atoms with van der Waals surface area (Å²) in [5.74, 6) is 0. The Morgan fingerprint density at radius 1 is 1.08 bits per heavy atom. The van der Waals surface area contributed by atoms with Crippen LogP contribution < -0.4 is 0 Å². The monoisotopic (exact) mass is 185 g/mol. The SMILES string of the molecule is CCCN(CCC(C)(C)C)C(C)C. The van der Waals surface area contributed by atoms with Crippen LogP contribution in [0.15, 0.2) is 0 Å². The maximum Gasteiger partial charge on any atom is 0.00385 e. The summed E-state index contributed by atoms with van der Waals surface area (Å²) < 4.78 is 0. The molecule has 0 aliphatic carbocycles. The third-order valence-corrected chi connectivity index (χ3v) is 2.39. The van der Waals surface area contributed by atoms with Crippen LogP contribution in [0.1, 0.15) is 54.4 Å². The molecule has 0 unspecified atom stereocenters. The van der Waals surface area contributed by atoms with E-state index < -0.39 is 0 Å². The highest BCUT2D eigenvalue weighted by molar-refractivity contribution is 4.68. The van der Waals surface area contributed by atoms with Gasteiger partial charge in [0.1, 0.15) is 0 Å². The highest BCUT2D eigenvalue weighted by Gasteiger charge is 2.14. The van der Waals surface area contributed by atoms with Gasteiger partial charge in [0.25, 0.3) is 0 Å². The molecule has 0 aliphatic rings. The Kier molecular flexibility index (Phi) is 5.62. The first-order valence-corrected chi connectivity index (χ1v) is 5.61. The van der Waals surface area contributed by atoms with Crippen molar-refractivity contribution in [3.63, 3.8) is 0 Å². The Labute approximate surface area is 84.5 Å². The lowest BCUT2D eigenvalue weighted by atomic mass is 9.92. The van der Waals surface area contributed by atoms with Crippen LogP contribution in [0.25, 0.3) is 0 Å². The number of hydrogen-bond acceptors (Lipinski definition) is 1. The van der Waals surface area contributed by atoms with Gasteiger partial charge in [-0.15, -0.1) is 0 Å². The van der Waals surface area contributed by atoms with Crippen molar-refractivity contribution in [2.75, 3.05) is 13.1 Å². The summed E-state index contributed by atoms with van der Waals surface area (Å²) in [5, 5.41) is 0. The molecule has 0 rings (SSSR count). The second-order valence-corrected chi connectivity index (χ2v) is 5.44. The lowest BCUT2D eigenvalue weighted by Gasteiger charge is -2.29.